The number of para-hydroxylation sites is 1. The second kappa shape index (κ2) is 10.5. The lowest BCUT2D eigenvalue weighted by Gasteiger charge is -2.43. The Balaban J connectivity index is 1.41. The zero-order valence-electron chi connectivity index (χ0n) is 21.7. The highest BCUT2D eigenvalue weighted by Gasteiger charge is 2.60. The minimum atomic E-state index is -0.701. The molecule has 0 radical (unpaired) electrons. The number of anilines is 2. The van der Waals surface area contributed by atoms with E-state index in [0.29, 0.717) is 17.1 Å². The van der Waals surface area contributed by atoms with Crippen LogP contribution in [0.5, 0.6) is 0 Å². The molecule has 4 unspecified atom stereocenters. The van der Waals surface area contributed by atoms with Crippen molar-refractivity contribution in [2.75, 3.05) is 9.91 Å². The zero-order chi connectivity index (χ0) is 28.2. The molecular formula is C33H24Br2ClN3O2. The van der Waals surface area contributed by atoms with E-state index in [1.165, 1.54) is 4.90 Å². The van der Waals surface area contributed by atoms with Crippen molar-refractivity contribution in [3.8, 4) is 0 Å². The van der Waals surface area contributed by atoms with Crippen LogP contribution in [0, 0.1) is 5.92 Å². The van der Waals surface area contributed by atoms with E-state index in [9.17, 15) is 9.59 Å². The summed E-state index contributed by atoms with van der Waals surface area (Å²) in [5.41, 5.74) is 4.68. The zero-order valence-corrected chi connectivity index (χ0v) is 25.6. The minimum Gasteiger partial charge on any atom is -0.277 e. The number of carbonyl (C=O) groups excluding carboxylic acids is 2. The van der Waals surface area contributed by atoms with Gasteiger partial charge in [0, 0.05) is 32.0 Å². The maximum absolute atomic E-state index is 14.4. The van der Waals surface area contributed by atoms with Crippen LogP contribution in [0.1, 0.15) is 29.5 Å². The third kappa shape index (κ3) is 4.51. The van der Waals surface area contributed by atoms with Gasteiger partial charge in [-0.25, -0.2) is 4.90 Å². The van der Waals surface area contributed by atoms with Crippen LogP contribution in [0.25, 0.3) is 0 Å². The summed E-state index contributed by atoms with van der Waals surface area (Å²) in [6.45, 7) is 0. The van der Waals surface area contributed by atoms with Crippen molar-refractivity contribution in [1.82, 2.24) is 5.01 Å². The maximum Gasteiger partial charge on any atom is 0.259 e. The van der Waals surface area contributed by atoms with E-state index in [1.54, 1.807) is 24.3 Å². The molecule has 5 nitrogen and oxygen atoms in total. The van der Waals surface area contributed by atoms with Gasteiger partial charge in [0.05, 0.1) is 23.3 Å². The summed E-state index contributed by atoms with van der Waals surface area (Å²) in [4.78, 5) is 30.1. The van der Waals surface area contributed by atoms with Crippen molar-refractivity contribution in [1.29, 1.82) is 0 Å². The van der Waals surface area contributed by atoms with E-state index in [4.69, 9.17) is 11.6 Å². The number of benzene rings is 4. The number of hydrogen-bond acceptors (Lipinski definition) is 4. The third-order valence-corrected chi connectivity index (χ3v) is 9.49. The fourth-order valence-electron chi connectivity index (χ4n) is 6.38. The first kappa shape index (κ1) is 26.5. The number of hydrogen-bond donors (Lipinski definition) is 0. The molecule has 2 fully saturated rings. The average molecular weight is 690 g/mol. The number of amides is 2. The molecule has 4 aromatic carbocycles. The van der Waals surface area contributed by atoms with Crippen molar-refractivity contribution < 1.29 is 9.59 Å². The molecule has 7 rings (SSSR count). The van der Waals surface area contributed by atoms with Gasteiger partial charge < -0.3 is 0 Å². The van der Waals surface area contributed by atoms with Gasteiger partial charge >= 0.3 is 0 Å². The number of allylic oxidation sites excluding steroid dienone is 1. The molecular weight excluding hydrogens is 666 g/mol. The van der Waals surface area contributed by atoms with Crippen molar-refractivity contribution in [3.05, 3.63) is 140 Å². The van der Waals surface area contributed by atoms with Gasteiger partial charge in [-0.05, 0) is 71.8 Å². The number of halogens is 3. The quantitative estimate of drug-likeness (QED) is 0.203. The van der Waals surface area contributed by atoms with Crippen LogP contribution in [-0.2, 0) is 9.59 Å². The first-order chi connectivity index (χ1) is 19.9. The van der Waals surface area contributed by atoms with Gasteiger partial charge in [-0.15, -0.1) is 0 Å². The highest BCUT2D eigenvalue weighted by atomic mass is 79.9. The van der Waals surface area contributed by atoms with Crippen molar-refractivity contribution in [2.45, 2.75) is 24.4 Å². The molecule has 0 aromatic heterocycles. The van der Waals surface area contributed by atoms with Crippen LogP contribution < -0.4 is 9.91 Å². The molecule has 3 aliphatic rings. The summed E-state index contributed by atoms with van der Waals surface area (Å²) in [5.74, 6) is -1.29. The van der Waals surface area contributed by atoms with Gasteiger partial charge in [-0.2, -0.15) is 0 Å². The maximum atomic E-state index is 14.4. The number of nitrogens with zero attached hydrogens (tertiary/aromatic N) is 3. The number of imide groups is 1. The largest absolute Gasteiger partial charge is 0.277 e. The molecule has 0 aliphatic carbocycles. The summed E-state index contributed by atoms with van der Waals surface area (Å²) >= 11 is 13.3. The molecule has 2 amide bonds. The second-order valence-electron chi connectivity index (χ2n) is 10.5. The fraction of sp³-hybridized carbons (Fsp3) is 0.152. The number of hydrazine groups is 1. The molecule has 0 saturated carbocycles. The predicted molar refractivity (Wildman–Crippen MR) is 168 cm³/mol. The van der Waals surface area contributed by atoms with Gasteiger partial charge in [0.1, 0.15) is 6.04 Å². The molecule has 204 valence electrons. The molecule has 0 spiro atoms. The summed E-state index contributed by atoms with van der Waals surface area (Å²) in [7, 11) is 0. The van der Waals surface area contributed by atoms with Crippen LogP contribution in [0.3, 0.4) is 0 Å². The summed E-state index contributed by atoms with van der Waals surface area (Å²) < 4.78 is 1.97. The van der Waals surface area contributed by atoms with E-state index in [-0.39, 0.29) is 23.8 Å². The highest BCUT2D eigenvalue weighted by molar-refractivity contribution is 9.10. The van der Waals surface area contributed by atoms with E-state index >= 15 is 0 Å². The van der Waals surface area contributed by atoms with Crippen molar-refractivity contribution >= 4 is 66.6 Å². The molecule has 4 atom stereocenters. The Morgan fingerprint density at radius 1 is 0.659 bits per heavy atom. The highest BCUT2D eigenvalue weighted by Crippen LogP contribution is 2.52. The third-order valence-electron chi connectivity index (χ3n) is 8.18. The van der Waals surface area contributed by atoms with Crippen LogP contribution in [0.2, 0.25) is 5.02 Å². The van der Waals surface area contributed by atoms with Crippen LogP contribution >= 0.6 is 43.5 Å². The Labute approximate surface area is 260 Å². The Morgan fingerprint density at radius 2 is 1.27 bits per heavy atom. The van der Waals surface area contributed by atoms with E-state index in [1.807, 2.05) is 54.6 Å². The van der Waals surface area contributed by atoms with E-state index in [0.717, 1.165) is 31.5 Å². The number of carbonyl (C=O) groups is 2. The van der Waals surface area contributed by atoms with E-state index in [2.05, 4.69) is 72.2 Å². The van der Waals surface area contributed by atoms with Crippen LogP contribution in [-0.4, -0.2) is 22.9 Å². The van der Waals surface area contributed by atoms with Gasteiger partial charge in [0.15, 0.2) is 0 Å². The first-order valence-electron chi connectivity index (χ1n) is 13.4. The van der Waals surface area contributed by atoms with Crippen LogP contribution in [0.4, 0.5) is 11.4 Å². The number of rotatable bonds is 4. The smallest absolute Gasteiger partial charge is 0.259 e. The topological polar surface area (TPSA) is 43.9 Å². The molecule has 2 saturated heterocycles. The normalized spacial score (nSPS) is 23.5. The Hall–Kier alpha value is -3.39. The molecule has 0 N–H and O–H groups in total. The van der Waals surface area contributed by atoms with Gasteiger partial charge in [0.25, 0.3) is 5.91 Å². The van der Waals surface area contributed by atoms with Gasteiger partial charge in [-0.1, -0.05) is 92.0 Å². The minimum absolute atomic E-state index is 0.0476. The molecule has 3 heterocycles. The molecule has 8 heteroatoms. The second-order valence-corrected chi connectivity index (χ2v) is 12.8. The van der Waals surface area contributed by atoms with E-state index < -0.39 is 12.0 Å². The molecule has 4 aromatic rings. The molecule has 0 bridgehead atoms. The van der Waals surface area contributed by atoms with Gasteiger partial charge in [0.2, 0.25) is 5.91 Å². The van der Waals surface area contributed by atoms with Gasteiger partial charge in [-0.3, -0.25) is 19.6 Å². The van der Waals surface area contributed by atoms with Crippen molar-refractivity contribution in [3.63, 3.8) is 0 Å². The summed E-state index contributed by atoms with van der Waals surface area (Å²) in [6, 6.07) is 32.7. The summed E-state index contributed by atoms with van der Waals surface area (Å²) in [6.07, 6.45) is 2.91. The lowest BCUT2D eigenvalue weighted by molar-refractivity contribution is -0.122. The fourth-order valence-corrected chi connectivity index (χ4v) is 7.04. The van der Waals surface area contributed by atoms with Crippen LogP contribution in [0.15, 0.2) is 124 Å². The Morgan fingerprint density at radius 3 is 1.90 bits per heavy atom. The standard InChI is InChI=1S/C33H24Br2ClN3O2/c34-22-10-6-20(7-11-22)28-18-27-19-29(21-8-12-23(35)13-9-21)38(26-4-2-1-3-5-26)39(27)31-30(28)32(40)37(33(31)41)25-16-14-24(36)15-17-25/h1-18,28-31H,19H2. The first-order valence-corrected chi connectivity index (χ1v) is 15.4. The summed E-state index contributed by atoms with van der Waals surface area (Å²) in [5, 5.41) is 4.85. The monoisotopic (exact) mass is 687 g/mol. The molecule has 41 heavy (non-hydrogen) atoms. The average Bonchev–Trinajstić information content (AvgIpc) is 3.49. The lowest BCUT2D eigenvalue weighted by Crippen LogP contribution is -2.53. The SMILES string of the molecule is O=C1C2C(c3ccc(Br)cc3)C=C3CC(c4ccc(Br)cc4)N(c4ccccc4)N3C2C(=O)N1c1ccc(Cl)cc1. The number of fused-ring (bicyclic) bond motifs is 3. The lowest BCUT2D eigenvalue weighted by atomic mass is 9.78. The van der Waals surface area contributed by atoms with Crippen molar-refractivity contribution in [2.24, 2.45) is 5.92 Å². The Kier molecular flexibility index (Phi) is 6.76. The Bertz CT molecular complexity index is 1660. The molecule has 3 aliphatic heterocycles. The predicted octanol–water partition coefficient (Wildman–Crippen LogP) is 8.27.